The third-order valence-electron chi connectivity index (χ3n) is 6.87. The number of ether oxygens (including phenoxy) is 6. The van der Waals surface area contributed by atoms with Crippen LogP contribution in [0.5, 0.6) is 34.5 Å². The van der Waals surface area contributed by atoms with E-state index in [9.17, 15) is 0 Å². The molecule has 12 heteroatoms. The van der Waals surface area contributed by atoms with Crippen molar-refractivity contribution in [2.24, 2.45) is 0 Å². The molecule has 0 bridgehead atoms. The maximum Gasteiger partial charge on any atom is 0.231 e. The molecule has 3 N–H and O–H groups in total. The monoisotopic (exact) mass is 528 g/mol. The first-order chi connectivity index (χ1) is 19.0. The highest BCUT2D eigenvalue weighted by molar-refractivity contribution is 5.46. The van der Waals surface area contributed by atoms with Crippen LogP contribution in [0.4, 0.5) is 0 Å². The van der Waals surface area contributed by atoms with Gasteiger partial charge < -0.3 is 28.4 Å². The normalized spacial score (nSPS) is 14.2. The molecule has 1 aromatic heterocycles. The van der Waals surface area contributed by atoms with Gasteiger partial charge in [-0.1, -0.05) is 18.2 Å². The molecule has 39 heavy (non-hydrogen) atoms. The molecule has 3 aliphatic rings. The van der Waals surface area contributed by atoms with E-state index in [4.69, 9.17) is 44.6 Å². The Hall–Kier alpha value is -5.13. The minimum atomic E-state index is 0.0160. The summed E-state index contributed by atoms with van der Waals surface area (Å²) in [5.74, 6) is 3.88. The fourth-order valence-corrected chi connectivity index (χ4v) is 4.85. The van der Waals surface area contributed by atoms with Crippen molar-refractivity contribution >= 4 is 0 Å². The minimum absolute atomic E-state index is 0.0160. The van der Waals surface area contributed by atoms with Crippen molar-refractivity contribution < 1.29 is 28.4 Å². The Morgan fingerprint density at radius 3 is 1.03 bits per heavy atom. The average molecular weight is 529 g/mol. The molecule has 4 heterocycles. The van der Waals surface area contributed by atoms with E-state index >= 15 is 0 Å². The first kappa shape index (κ1) is 23.0. The van der Waals surface area contributed by atoms with E-state index in [1.165, 1.54) is 0 Å². The second-order valence-corrected chi connectivity index (χ2v) is 9.29. The van der Waals surface area contributed by atoms with Gasteiger partial charge in [0.1, 0.15) is 0 Å². The summed E-state index contributed by atoms with van der Waals surface area (Å²) >= 11 is 0. The Morgan fingerprint density at radius 1 is 0.436 bits per heavy atom. The maximum atomic E-state index is 9.03. The molecule has 0 amide bonds. The van der Waals surface area contributed by atoms with E-state index in [-0.39, 0.29) is 56.9 Å². The fraction of sp³-hybridized carbons (Fsp3) is 0.222. The van der Waals surface area contributed by atoms with Crippen LogP contribution in [0.25, 0.3) is 0 Å². The number of hydrogen-bond acceptors (Lipinski definition) is 9. The van der Waals surface area contributed by atoms with E-state index in [0.717, 1.165) is 16.7 Å². The molecular weight excluding hydrogens is 504 g/mol. The zero-order valence-corrected chi connectivity index (χ0v) is 20.7. The van der Waals surface area contributed by atoms with Crippen molar-refractivity contribution in [1.29, 1.82) is 16.2 Å². The Morgan fingerprint density at radius 2 is 0.718 bits per heavy atom. The van der Waals surface area contributed by atoms with Crippen LogP contribution in [0, 0.1) is 16.2 Å². The lowest BCUT2D eigenvalue weighted by molar-refractivity contribution is 0.173. The number of fused-ring (bicyclic) bond motifs is 3. The summed E-state index contributed by atoms with van der Waals surface area (Å²) in [4.78, 5) is 0. The van der Waals surface area contributed by atoms with Gasteiger partial charge in [0.25, 0.3) is 0 Å². The van der Waals surface area contributed by atoms with Crippen LogP contribution in [0.3, 0.4) is 0 Å². The summed E-state index contributed by atoms with van der Waals surface area (Å²) in [6.45, 7) is 1.19. The summed E-state index contributed by atoms with van der Waals surface area (Å²) in [7, 11) is 0. The number of nitrogens with zero attached hydrogens (tertiary/aromatic N) is 3. The Labute approximate surface area is 221 Å². The molecule has 0 spiro atoms. The maximum absolute atomic E-state index is 9.03. The summed E-state index contributed by atoms with van der Waals surface area (Å²) < 4.78 is 37.6. The van der Waals surface area contributed by atoms with Crippen LogP contribution in [-0.4, -0.2) is 34.1 Å². The Balaban J connectivity index is 1.32. The predicted octanol–water partition coefficient (Wildman–Crippen LogP) is 1.86. The van der Waals surface area contributed by atoms with Crippen LogP contribution in [0.15, 0.2) is 54.6 Å². The Kier molecular flexibility index (Phi) is 5.32. The molecule has 3 aliphatic heterocycles. The highest BCUT2D eigenvalue weighted by atomic mass is 16.7. The molecular formula is C27H24N6O6. The second-order valence-electron chi connectivity index (χ2n) is 9.29. The van der Waals surface area contributed by atoms with Crippen LogP contribution in [0.2, 0.25) is 0 Å². The quantitative estimate of drug-likeness (QED) is 0.349. The molecule has 4 aromatic rings. The van der Waals surface area contributed by atoms with Gasteiger partial charge in [-0.25, -0.2) is 0 Å². The number of nitrogens with one attached hydrogen (secondary N) is 3. The highest BCUT2D eigenvalue weighted by Crippen LogP contribution is 2.34. The molecule has 0 saturated heterocycles. The standard InChI is InChI=1S/C27H24N6O6/c28-25-31(10-16-1-4-19-22(7-16)37-13-34-19)26(29)33(12-18-3-6-21-24(9-18)39-15-36-21)27(30)32(25)11-17-2-5-20-23(8-17)38-14-35-20/h1-9,28-30H,10-15H2. The van der Waals surface area contributed by atoms with Crippen LogP contribution in [0.1, 0.15) is 16.7 Å². The highest BCUT2D eigenvalue weighted by Gasteiger charge is 2.18. The third-order valence-corrected chi connectivity index (χ3v) is 6.87. The van der Waals surface area contributed by atoms with Crippen molar-refractivity contribution in [2.45, 2.75) is 19.6 Å². The van der Waals surface area contributed by atoms with Crippen molar-refractivity contribution in [1.82, 2.24) is 13.7 Å². The smallest absolute Gasteiger partial charge is 0.231 e. The Bertz CT molecular complexity index is 1570. The van der Waals surface area contributed by atoms with E-state index in [2.05, 4.69) is 0 Å². The molecule has 7 rings (SSSR count). The van der Waals surface area contributed by atoms with E-state index in [0.29, 0.717) is 34.5 Å². The number of aromatic nitrogens is 3. The molecule has 0 radical (unpaired) electrons. The summed E-state index contributed by atoms with van der Waals surface area (Å²) in [6.07, 6.45) is 0. The van der Waals surface area contributed by atoms with Gasteiger partial charge in [-0.3, -0.25) is 29.9 Å². The van der Waals surface area contributed by atoms with Gasteiger partial charge in [0.05, 0.1) is 19.6 Å². The van der Waals surface area contributed by atoms with Crippen molar-refractivity contribution in [2.75, 3.05) is 20.4 Å². The number of benzene rings is 3. The molecule has 12 nitrogen and oxygen atoms in total. The van der Waals surface area contributed by atoms with Gasteiger partial charge in [0, 0.05) is 0 Å². The van der Waals surface area contributed by atoms with E-state index < -0.39 is 0 Å². The molecule has 0 fully saturated rings. The number of hydrogen-bond donors (Lipinski definition) is 3. The van der Waals surface area contributed by atoms with Gasteiger partial charge in [0.2, 0.25) is 37.2 Å². The zero-order valence-electron chi connectivity index (χ0n) is 20.7. The van der Waals surface area contributed by atoms with E-state index in [1.54, 1.807) is 13.7 Å². The third kappa shape index (κ3) is 4.06. The molecule has 0 unspecified atom stereocenters. The fourth-order valence-electron chi connectivity index (χ4n) is 4.85. The lowest BCUT2D eigenvalue weighted by Crippen LogP contribution is -2.55. The largest absolute Gasteiger partial charge is 0.454 e. The van der Waals surface area contributed by atoms with Crippen molar-refractivity contribution in [3.05, 3.63) is 88.1 Å². The predicted molar refractivity (Wildman–Crippen MR) is 133 cm³/mol. The lowest BCUT2D eigenvalue weighted by Gasteiger charge is -2.19. The van der Waals surface area contributed by atoms with Gasteiger partial charge >= 0.3 is 0 Å². The zero-order chi connectivity index (χ0) is 26.5. The summed E-state index contributed by atoms with van der Waals surface area (Å²) in [5.41, 5.74) is 2.57. The van der Waals surface area contributed by atoms with Crippen LogP contribution in [-0.2, 0) is 19.6 Å². The first-order valence-corrected chi connectivity index (χ1v) is 12.3. The molecule has 198 valence electrons. The van der Waals surface area contributed by atoms with Gasteiger partial charge in [-0.2, -0.15) is 0 Å². The van der Waals surface area contributed by atoms with Gasteiger partial charge in [-0.15, -0.1) is 0 Å². The molecule has 0 saturated carbocycles. The van der Waals surface area contributed by atoms with Crippen LogP contribution < -0.4 is 45.3 Å². The first-order valence-electron chi connectivity index (χ1n) is 12.3. The van der Waals surface area contributed by atoms with Crippen molar-refractivity contribution in [3.63, 3.8) is 0 Å². The SMILES string of the molecule is N=c1n(Cc2ccc3c(c2)OCO3)c(=N)n(Cc2ccc3c(c2)OCO3)c(=N)n1Cc1ccc2c(c1)OCO2. The minimum Gasteiger partial charge on any atom is -0.454 e. The lowest BCUT2D eigenvalue weighted by atomic mass is 10.2. The summed E-state index contributed by atoms with van der Waals surface area (Å²) in [5, 5.41) is 27.1. The van der Waals surface area contributed by atoms with Crippen LogP contribution >= 0.6 is 0 Å². The van der Waals surface area contributed by atoms with Gasteiger partial charge in [-0.05, 0) is 53.1 Å². The molecule has 0 atom stereocenters. The van der Waals surface area contributed by atoms with Crippen molar-refractivity contribution in [3.8, 4) is 34.5 Å². The molecule has 0 aliphatic carbocycles. The number of rotatable bonds is 6. The second kappa shape index (κ2) is 9.01. The average Bonchev–Trinajstić information content (AvgIpc) is 3.71. The molecule has 3 aromatic carbocycles. The van der Waals surface area contributed by atoms with E-state index in [1.807, 2.05) is 54.6 Å². The summed E-state index contributed by atoms with van der Waals surface area (Å²) in [6, 6.07) is 16.7. The topological polar surface area (TPSA) is 142 Å². The van der Waals surface area contributed by atoms with Gasteiger partial charge in [0.15, 0.2) is 34.5 Å².